The summed E-state index contributed by atoms with van der Waals surface area (Å²) in [6.07, 6.45) is 5.73. The minimum Gasteiger partial charge on any atom is -0.372 e. The zero-order valence-corrected chi connectivity index (χ0v) is 16.8. The van der Waals surface area contributed by atoms with Crippen LogP contribution in [-0.4, -0.2) is 22.6 Å². The van der Waals surface area contributed by atoms with Crippen LogP contribution in [0.2, 0.25) is 0 Å². The van der Waals surface area contributed by atoms with Gasteiger partial charge in [-0.25, -0.2) is 4.98 Å². The normalized spacial score (nSPS) is 14.8. The van der Waals surface area contributed by atoms with E-state index in [1.807, 2.05) is 24.4 Å². The van der Waals surface area contributed by atoms with E-state index in [-0.39, 0.29) is 5.43 Å². The van der Waals surface area contributed by atoms with Gasteiger partial charge >= 0.3 is 0 Å². The molecular formula is C23H23N3OS. The van der Waals surface area contributed by atoms with Gasteiger partial charge in [-0.05, 0) is 56.5 Å². The smallest absolute Gasteiger partial charge is 0.199 e. The fourth-order valence-corrected chi connectivity index (χ4v) is 5.11. The molecule has 5 rings (SSSR count). The average molecular weight is 390 g/mol. The van der Waals surface area contributed by atoms with Gasteiger partial charge in [0.05, 0.1) is 21.3 Å². The Labute approximate surface area is 168 Å². The maximum Gasteiger partial charge on any atom is 0.199 e. The second-order valence-electron chi connectivity index (χ2n) is 7.39. The van der Waals surface area contributed by atoms with E-state index in [4.69, 9.17) is 4.98 Å². The summed E-state index contributed by atoms with van der Waals surface area (Å²) in [6, 6.07) is 14.4. The molecule has 4 aromatic rings. The van der Waals surface area contributed by atoms with Gasteiger partial charge in [0, 0.05) is 36.9 Å². The van der Waals surface area contributed by atoms with Crippen LogP contribution in [0.3, 0.4) is 0 Å². The van der Waals surface area contributed by atoms with Crippen molar-refractivity contribution < 1.29 is 0 Å². The highest BCUT2D eigenvalue weighted by Gasteiger charge is 2.17. The van der Waals surface area contributed by atoms with E-state index in [0.29, 0.717) is 5.56 Å². The van der Waals surface area contributed by atoms with Crippen LogP contribution in [-0.2, 0) is 6.54 Å². The van der Waals surface area contributed by atoms with E-state index in [9.17, 15) is 4.79 Å². The molecule has 142 valence electrons. The molecule has 0 aliphatic carbocycles. The van der Waals surface area contributed by atoms with Gasteiger partial charge in [0.1, 0.15) is 5.01 Å². The third-order valence-corrected chi connectivity index (χ3v) is 6.72. The molecule has 5 heteroatoms. The molecule has 1 aliphatic heterocycles. The lowest BCUT2D eigenvalue weighted by molar-refractivity contribution is 0.578. The predicted molar refractivity (Wildman–Crippen MR) is 119 cm³/mol. The zero-order chi connectivity index (χ0) is 19.1. The highest BCUT2D eigenvalue weighted by molar-refractivity contribution is 7.21. The van der Waals surface area contributed by atoms with Gasteiger partial charge in [-0.1, -0.05) is 12.1 Å². The number of aryl methyl sites for hydroxylation is 1. The summed E-state index contributed by atoms with van der Waals surface area (Å²) < 4.78 is 3.28. The van der Waals surface area contributed by atoms with Gasteiger partial charge in [0.25, 0.3) is 0 Å². The Bertz CT molecular complexity index is 1180. The Morgan fingerprint density at radius 2 is 1.89 bits per heavy atom. The van der Waals surface area contributed by atoms with Crippen LogP contribution >= 0.6 is 11.3 Å². The number of aromatic nitrogens is 2. The lowest BCUT2D eigenvalue weighted by Gasteiger charge is -2.29. The first-order chi connectivity index (χ1) is 13.7. The highest BCUT2D eigenvalue weighted by Crippen LogP contribution is 2.30. The predicted octanol–water partition coefficient (Wildman–Crippen LogP) is 5.29. The quantitative estimate of drug-likeness (QED) is 0.478. The standard InChI is InChI=1S/C23H23N3OS/c1-2-25-15-18(23-24-19-8-4-5-9-21(19)28-23)22(27)17-14-16(10-11-20(17)25)26-12-6-3-7-13-26/h4-5,8-11,14-15H,2-3,6-7,12-13H2,1H3. The second kappa shape index (κ2) is 7.06. The van der Waals surface area contributed by atoms with E-state index in [1.165, 1.54) is 19.3 Å². The van der Waals surface area contributed by atoms with Crippen molar-refractivity contribution in [2.45, 2.75) is 32.7 Å². The van der Waals surface area contributed by atoms with Crippen LogP contribution < -0.4 is 10.3 Å². The molecule has 0 atom stereocenters. The molecule has 0 N–H and O–H groups in total. The molecule has 0 saturated carbocycles. The fraction of sp³-hybridized carbons (Fsp3) is 0.304. The summed E-state index contributed by atoms with van der Waals surface area (Å²) in [7, 11) is 0. The van der Waals surface area contributed by atoms with Crippen molar-refractivity contribution >= 4 is 38.1 Å². The first-order valence-corrected chi connectivity index (χ1v) is 10.8. The molecule has 28 heavy (non-hydrogen) atoms. The number of piperidine rings is 1. The van der Waals surface area contributed by atoms with Gasteiger partial charge in [-0.2, -0.15) is 0 Å². The lowest BCUT2D eigenvalue weighted by Crippen LogP contribution is -2.29. The van der Waals surface area contributed by atoms with Gasteiger partial charge in [-0.3, -0.25) is 4.79 Å². The molecule has 3 heterocycles. The molecule has 0 amide bonds. The maximum atomic E-state index is 13.4. The number of hydrogen-bond acceptors (Lipinski definition) is 4. The van der Waals surface area contributed by atoms with Crippen molar-refractivity contribution in [1.29, 1.82) is 0 Å². The third-order valence-electron chi connectivity index (χ3n) is 5.65. The molecule has 1 aliphatic rings. The summed E-state index contributed by atoms with van der Waals surface area (Å²) in [6.45, 7) is 5.08. The number of nitrogens with zero attached hydrogens (tertiary/aromatic N) is 3. The number of thiazole rings is 1. The zero-order valence-electron chi connectivity index (χ0n) is 16.0. The summed E-state index contributed by atoms with van der Waals surface area (Å²) in [4.78, 5) is 20.6. The molecule has 2 aromatic carbocycles. The van der Waals surface area contributed by atoms with Crippen molar-refractivity contribution in [1.82, 2.24) is 9.55 Å². The number of benzene rings is 2. The van der Waals surface area contributed by atoms with Crippen molar-refractivity contribution in [3.05, 3.63) is 58.9 Å². The Hall–Kier alpha value is -2.66. The van der Waals surface area contributed by atoms with Crippen LogP contribution in [0.5, 0.6) is 0 Å². The summed E-state index contributed by atoms with van der Waals surface area (Å²) in [5, 5.41) is 1.60. The number of para-hydroxylation sites is 1. The molecule has 1 fully saturated rings. The molecule has 0 spiro atoms. The summed E-state index contributed by atoms with van der Waals surface area (Å²) in [5.41, 5.74) is 3.89. The van der Waals surface area contributed by atoms with Crippen LogP contribution in [0.4, 0.5) is 5.69 Å². The highest BCUT2D eigenvalue weighted by atomic mass is 32.1. The van der Waals surface area contributed by atoms with Gasteiger partial charge in [-0.15, -0.1) is 11.3 Å². The number of fused-ring (bicyclic) bond motifs is 2. The first-order valence-electron chi connectivity index (χ1n) is 10.0. The van der Waals surface area contributed by atoms with Crippen LogP contribution in [0, 0.1) is 0 Å². The van der Waals surface area contributed by atoms with Crippen LogP contribution in [0.1, 0.15) is 26.2 Å². The van der Waals surface area contributed by atoms with Gasteiger partial charge in [0.15, 0.2) is 5.43 Å². The molecule has 2 aromatic heterocycles. The van der Waals surface area contributed by atoms with E-state index < -0.39 is 0 Å². The lowest BCUT2D eigenvalue weighted by atomic mass is 10.1. The molecule has 0 unspecified atom stereocenters. The largest absolute Gasteiger partial charge is 0.372 e. The van der Waals surface area contributed by atoms with E-state index in [2.05, 4.69) is 40.7 Å². The topological polar surface area (TPSA) is 38.1 Å². The monoisotopic (exact) mass is 389 g/mol. The maximum absolute atomic E-state index is 13.4. The fourth-order valence-electron chi connectivity index (χ4n) is 4.14. The Morgan fingerprint density at radius 3 is 2.68 bits per heavy atom. The molecule has 4 nitrogen and oxygen atoms in total. The van der Waals surface area contributed by atoms with E-state index in [0.717, 1.165) is 51.4 Å². The number of hydrogen-bond donors (Lipinski definition) is 0. The Kier molecular flexibility index (Phi) is 4.40. The van der Waals surface area contributed by atoms with Crippen molar-refractivity contribution in [2.24, 2.45) is 0 Å². The van der Waals surface area contributed by atoms with Gasteiger partial charge < -0.3 is 9.47 Å². The Morgan fingerprint density at radius 1 is 1.07 bits per heavy atom. The minimum atomic E-state index is 0.0811. The third kappa shape index (κ3) is 2.90. The first kappa shape index (κ1) is 17.4. The molecule has 0 bridgehead atoms. The van der Waals surface area contributed by atoms with Gasteiger partial charge in [0.2, 0.25) is 0 Å². The van der Waals surface area contributed by atoms with Crippen LogP contribution in [0.15, 0.2) is 53.5 Å². The molecule has 0 radical (unpaired) electrons. The number of anilines is 1. The summed E-state index contributed by atoms with van der Waals surface area (Å²) in [5.74, 6) is 0. The average Bonchev–Trinajstić information content (AvgIpc) is 3.18. The Balaban J connectivity index is 1.70. The SMILES string of the molecule is CCn1cc(-c2nc3ccccc3s2)c(=O)c2cc(N3CCCCC3)ccc21. The van der Waals surface area contributed by atoms with Crippen molar-refractivity contribution in [2.75, 3.05) is 18.0 Å². The van der Waals surface area contributed by atoms with E-state index in [1.54, 1.807) is 11.3 Å². The number of rotatable bonds is 3. The second-order valence-corrected chi connectivity index (χ2v) is 8.42. The minimum absolute atomic E-state index is 0.0811. The summed E-state index contributed by atoms with van der Waals surface area (Å²) >= 11 is 1.59. The van der Waals surface area contributed by atoms with Crippen molar-refractivity contribution in [3.8, 4) is 10.6 Å². The van der Waals surface area contributed by atoms with Crippen molar-refractivity contribution in [3.63, 3.8) is 0 Å². The van der Waals surface area contributed by atoms with E-state index >= 15 is 0 Å². The number of pyridine rings is 1. The molecular weight excluding hydrogens is 366 g/mol. The van der Waals surface area contributed by atoms with Crippen LogP contribution in [0.25, 0.3) is 31.7 Å². The molecule has 1 saturated heterocycles.